The number of carboxylic acid groups (broad SMARTS) is 1. The van der Waals surface area contributed by atoms with Gasteiger partial charge in [0.1, 0.15) is 6.61 Å². The Labute approximate surface area is 298 Å². The summed E-state index contributed by atoms with van der Waals surface area (Å²) in [6.07, 6.45) is 37.1. The van der Waals surface area contributed by atoms with Gasteiger partial charge in [-0.3, -0.25) is 9.59 Å². The molecule has 0 aliphatic carbocycles. The molecule has 0 bridgehead atoms. The summed E-state index contributed by atoms with van der Waals surface area (Å²) in [5.74, 6) is -1.62. The summed E-state index contributed by atoms with van der Waals surface area (Å²) in [6, 6.07) is -0.629. The Morgan fingerprint density at radius 1 is 0.633 bits per heavy atom. The Balaban J connectivity index is 4.59. The number of likely N-dealkylation sites (N-methyl/N-ethyl adjacent to an activating group) is 1. The van der Waals surface area contributed by atoms with E-state index in [0.717, 1.165) is 44.9 Å². The van der Waals surface area contributed by atoms with Crippen LogP contribution in [0.25, 0.3) is 0 Å². The van der Waals surface area contributed by atoms with Crippen LogP contribution in [0.15, 0.2) is 60.8 Å². The van der Waals surface area contributed by atoms with E-state index in [1.165, 1.54) is 38.5 Å². The zero-order valence-corrected chi connectivity index (χ0v) is 31.6. The van der Waals surface area contributed by atoms with Gasteiger partial charge >= 0.3 is 17.9 Å². The van der Waals surface area contributed by atoms with E-state index in [0.29, 0.717) is 25.7 Å². The largest absolute Gasteiger partial charge is 0.477 e. The number of carbonyl (C=O) groups is 3. The molecule has 0 saturated heterocycles. The highest BCUT2D eigenvalue weighted by Crippen LogP contribution is 2.11. The van der Waals surface area contributed by atoms with Crippen LogP contribution in [0.5, 0.6) is 0 Å². The molecule has 0 saturated carbocycles. The fourth-order valence-corrected chi connectivity index (χ4v) is 4.98. The van der Waals surface area contributed by atoms with E-state index in [1.54, 1.807) is 0 Å². The van der Waals surface area contributed by atoms with Crippen molar-refractivity contribution in [2.75, 3.05) is 41.0 Å². The van der Waals surface area contributed by atoms with Gasteiger partial charge in [-0.15, -0.1) is 0 Å². The number of hydrogen-bond donors (Lipinski definition) is 1. The monoisotopic (exact) mass is 689 g/mol. The molecule has 0 aromatic heterocycles. The average Bonchev–Trinajstić information content (AvgIpc) is 3.05. The molecular formula is C41H70NO7+. The normalized spacial score (nSPS) is 13.7. The molecule has 0 rings (SSSR count). The van der Waals surface area contributed by atoms with Crippen LogP contribution < -0.4 is 0 Å². The molecule has 2 atom stereocenters. The summed E-state index contributed by atoms with van der Waals surface area (Å²) in [4.78, 5) is 36.7. The number of unbranched alkanes of at least 4 members (excludes halogenated alkanes) is 8. The number of ether oxygens (including phenoxy) is 3. The van der Waals surface area contributed by atoms with Crippen molar-refractivity contribution in [2.45, 2.75) is 142 Å². The maximum Gasteiger partial charge on any atom is 0.362 e. The van der Waals surface area contributed by atoms with Gasteiger partial charge < -0.3 is 23.8 Å². The zero-order valence-electron chi connectivity index (χ0n) is 31.6. The molecule has 280 valence electrons. The Morgan fingerprint density at radius 2 is 1.18 bits per heavy atom. The van der Waals surface area contributed by atoms with Crippen molar-refractivity contribution in [3.63, 3.8) is 0 Å². The number of rotatable bonds is 32. The Hall–Kier alpha value is -2.97. The van der Waals surface area contributed by atoms with Crippen molar-refractivity contribution in [2.24, 2.45) is 0 Å². The second-order valence-electron chi connectivity index (χ2n) is 13.4. The first-order chi connectivity index (χ1) is 23.6. The van der Waals surface area contributed by atoms with Crippen molar-refractivity contribution >= 4 is 17.9 Å². The Kier molecular flexibility index (Phi) is 30.3. The summed E-state index contributed by atoms with van der Waals surface area (Å²) < 4.78 is 17.1. The van der Waals surface area contributed by atoms with Crippen LogP contribution in [0, 0.1) is 0 Å². The molecule has 1 N–H and O–H groups in total. The number of carboxylic acids is 1. The molecule has 0 spiro atoms. The highest BCUT2D eigenvalue weighted by Gasteiger charge is 2.31. The van der Waals surface area contributed by atoms with Gasteiger partial charge in [0.15, 0.2) is 12.1 Å². The number of quaternary nitrogens is 1. The summed E-state index contributed by atoms with van der Waals surface area (Å²) in [5.41, 5.74) is 0. The van der Waals surface area contributed by atoms with Crippen molar-refractivity contribution in [1.82, 2.24) is 0 Å². The topological polar surface area (TPSA) is 99.1 Å². The second-order valence-corrected chi connectivity index (χ2v) is 13.4. The van der Waals surface area contributed by atoms with Crippen LogP contribution >= 0.6 is 0 Å². The minimum absolute atomic E-state index is 0.0237. The lowest BCUT2D eigenvalue weighted by molar-refractivity contribution is -0.887. The van der Waals surface area contributed by atoms with Crippen molar-refractivity contribution in [1.29, 1.82) is 0 Å². The van der Waals surface area contributed by atoms with Crippen LogP contribution in [0.1, 0.15) is 129 Å². The SMILES string of the molecule is CC/C=C/C/C=C/C/C=C/CCCCC(=O)OCC(COCCC(C(=O)O)[N+](C)(C)C)OC(=O)CC/C=C/C/C=C/CCCCCCCC. The molecule has 0 radical (unpaired) electrons. The van der Waals surface area contributed by atoms with Crippen molar-refractivity contribution in [3.05, 3.63) is 60.8 Å². The summed E-state index contributed by atoms with van der Waals surface area (Å²) in [6.45, 7) is 4.47. The first kappa shape index (κ1) is 46.0. The minimum atomic E-state index is -0.892. The summed E-state index contributed by atoms with van der Waals surface area (Å²) in [7, 11) is 5.48. The molecule has 0 fully saturated rings. The van der Waals surface area contributed by atoms with Crippen molar-refractivity contribution in [3.8, 4) is 0 Å². The smallest absolute Gasteiger partial charge is 0.362 e. The van der Waals surface area contributed by atoms with Crippen LogP contribution in [0.4, 0.5) is 0 Å². The molecule has 8 nitrogen and oxygen atoms in total. The van der Waals surface area contributed by atoms with Crippen LogP contribution in [-0.2, 0) is 28.6 Å². The van der Waals surface area contributed by atoms with E-state index in [2.05, 4.69) is 68.5 Å². The predicted molar refractivity (Wildman–Crippen MR) is 201 cm³/mol. The van der Waals surface area contributed by atoms with E-state index < -0.39 is 18.1 Å². The van der Waals surface area contributed by atoms with Crippen LogP contribution in [0.2, 0.25) is 0 Å². The van der Waals surface area contributed by atoms with Gasteiger partial charge in [0.05, 0.1) is 34.4 Å². The third kappa shape index (κ3) is 30.8. The number of carbonyl (C=O) groups excluding carboxylic acids is 2. The summed E-state index contributed by atoms with van der Waals surface area (Å²) >= 11 is 0. The van der Waals surface area contributed by atoms with Gasteiger partial charge in [0.2, 0.25) is 0 Å². The van der Waals surface area contributed by atoms with E-state index >= 15 is 0 Å². The molecule has 49 heavy (non-hydrogen) atoms. The molecule has 0 aromatic rings. The fourth-order valence-electron chi connectivity index (χ4n) is 4.98. The maximum absolute atomic E-state index is 12.6. The predicted octanol–water partition coefficient (Wildman–Crippen LogP) is 9.46. The minimum Gasteiger partial charge on any atom is -0.477 e. The first-order valence-electron chi connectivity index (χ1n) is 18.8. The average molecular weight is 689 g/mol. The van der Waals surface area contributed by atoms with Crippen LogP contribution in [-0.4, -0.2) is 80.6 Å². The lowest BCUT2D eigenvalue weighted by Crippen LogP contribution is -2.50. The van der Waals surface area contributed by atoms with E-state index in [4.69, 9.17) is 14.2 Å². The molecule has 0 heterocycles. The fraction of sp³-hybridized carbons (Fsp3) is 0.683. The summed E-state index contributed by atoms with van der Waals surface area (Å²) in [5, 5.41) is 9.57. The van der Waals surface area contributed by atoms with Gasteiger partial charge in [-0.05, 0) is 64.2 Å². The second kappa shape index (κ2) is 32.2. The van der Waals surface area contributed by atoms with E-state index in [-0.39, 0.29) is 42.7 Å². The van der Waals surface area contributed by atoms with Gasteiger partial charge in [-0.2, -0.15) is 0 Å². The third-order valence-electron chi connectivity index (χ3n) is 7.91. The van der Waals surface area contributed by atoms with Crippen LogP contribution in [0.3, 0.4) is 0 Å². The number of nitrogens with zero attached hydrogens (tertiary/aromatic N) is 1. The molecule has 2 unspecified atom stereocenters. The quantitative estimate of drug-likeness (QED) is 0.0325. The number of allylic oxidation sites excluding steroid dienone is 10. The molecule has 0 aromatic carbocycles. The van der Waals surface area contributed by atoms with E-state index in [9.17, 15) is 19.5 Å². The molecule has 0 aliphatic rings. The Morgan fingerprint density at radius 3 is 1.78 bits per heavy atom. The number of esters is 2. The molecule has 0 aliphatic heterocycles. The molecule has 0 amide bonds. The lowest BCUT2D eigenvalue weighted by Gasteiger charge is -2.31. The zero-order chi connectivity index (χ0) is 36.4. The Bertz CT molecular complexity index is 990. The highest BCUT2D eigenvalue weighted by atomic mass is 16.6. The molecular weight excluding hydrogens is 618 g/mol. The van der Waals surface area contributed by atoms with Gasteiger partial charge in [-0.25, -0.2) is 4.79 Å². The van der Waals surface area contributed by atoms with Crippen molar-refractivity contribution < 1.29 is 38.2 Å². The maximum atomic E-state index is 12.6. The highest BCUT2D eigenvalue weighted by molar-refractivity contribution is 5.72. The molecule has 8 heteroatoms. The number of hydrogen-bond acceptors (Lipinski definition) is 6. The van der Waals surface area contributed by atoms with Gasteiger partial charge in [0.25, 0.3) is 0 Å². The third-order valence-corrected chi connectivity index (χ3v) is 7.91. The van der Waals surface area contributed by atoms with E-state index in [1.807, 2.05) is 27.2 Å². The van der Waals surface area contributed by atoms with Gasteiger partial charge in [-0.1, -0.05) is 107 Å². The lowest BCUT2D eigenvalue weighted by atomic mass is 10.1. The number of aliphatic carboxylic acids is 1. The van der Waals surface area contributed by atoms with Gasteiger partial charge in [0, 0.05) is 19.3 Å². The first-order valence-corrected chi connectivity index (χ1v) is 18.8. The standard InChI is InChI=1S/C41H69NO7/c1-6-8-10-12-14-16-18-20-22-24-26-28-30-32-40(44)49-37(35-47-34-33-38(41(45)46)42(3,4)5)36-48-39(43)31-29-27-25-23-21-19-17-15-13-11-9-7-2/h9,11,15,17,20-23,26,28,37-38H,6-8,10,12-14,16,18-19,24-25,27,29-36H2,1-5H3/p+1/b11-9+,17-15+,22-20+,23-21+,28-26+.